The normalized spacial score (nSPS) is 20.9. The fourth-order valence-electron chi connectivity index (χ4n) is 2.35. The van der Waals surface area contributed by atoms with Gasteiger partial charge in [0.25, 0.3) is 5.91 Å². The Morgan fingerprint density at radius 2 is 1.85 bits per heavy atom. The number of ether oxygens (including phenoxy) is 1. The molecule has 0 spiro atoms. The second kappa shape index (κ2) is 4.87. The summed E-state index contributed by atoms with van der Waals surface area (Å²) >= 11 is 6.13. The molecule has 20 heavy (non-hydrogen) atoms. The first-order valence-electron chi connectivity index (χ1n) is 6.15. The van der Waals surface area contributed by atoms with Crippen molar-refractivity contribution in [2.45, 2.75) is 4.90 Å². The van der Waals surface area contributed by atoms with Gasteiger partial charge >= 0.3 is 0 Å². The number of hydrogen-bond donors (Lipinski definition) is 0. The number of amides is 1. The van der Waals surface area contributed by atoms with Gasteiger partial charge in [-0.3, -0.25) is 4.79 Å². The molecule has 1 aromatic carbocycles. The van der Waals surface area contributed by atoms with Gasteiger partial charge in [0.15, 0.2) is 4.91 Å². The van der Waals surface area contributed by atoms with Gasteiger partial charge in [-0.05, 0) is 6.07 Å². The average Bonchev–Trinajstić information content (AvgIpc) is 2.67. The van der Waals surface area contributed by atoms with E-state index in [1.165, 1.54) is 11.0 Å². The Morgan fingerprint density at radius 3 is 2.50 bits per heavy atom. The van der Waals surface area contributed by atoms with Gasteiger partial charge in [0.2, 0.25) is 9.84 Å². The van der Waals surface area contributed by atoms with Gasteiger partial charge in [-0.15, -0.1) is 0 Å². The summed E-state index contributed by atoms with van der Waals surface area (Å²) in [6, 6.07) is 6.38. The van der Waals surface area contributed by atoms with Crippen molar-refractivity contribution in [2.75, 3.05) is 26.3 Å². The number of halogens is 1. The zero-order valence-corrected chi connectivity index (χ0v) is 12.1. The van der Waals surface area contributed by atoms with Gasteiger partial charge < -0.3 is 9.64 Å². The minimum absolute atomic E-state index is 0.0112. The Labute approximate surface area is 121 Å². The Morgan fingerprint density at radius 1 is 1.20 bits per heavy atom. The lowest BCUT2D eigenvalue weighted by atomic mass is 10.2. The highest BCUT2D eigenvalue weighted by molar-refractivity contribution is 7.97. The van der Waals surface area contributed by atoms with Crippen LogP contribution in [0.5, 0.6) is 0 Å². The molecule has 0 unspecified atom stereocenters. The summed E-state index contributed by atoms with van der Waals surface area (Å²) in [5.41, 5.74) is 0.394. The van der Waals surface area contributed by atoms with Crippen LogP contribution in [-0.4, -0.2) is 45.5 Å². The van der Waals surface area contributed by atoms with E-state index in [0.717, 1.165) is 0 Å². The molecule has 0 radical (unpaired) electrons. The predicted octanol–water partition coefficient (Wildman–Crippen LogP) is 1.24. The average molecular weight is 314 g/mol. The van der Waals surface area contributed by atoms with E-state index in [9.17, 15) is 13.2 Å². The van der Waals surface area contributed by atoms with E-state index in [0.29, 0.717) is 31.9 Å². The van der Waals surface area contributed by atoms with E-state index in [4.69, 9.17) is 16.3 Å². The molecule has 2 heterocycles. The van der Waals surface area contributed by atoms with Crippen LogP contribution in [0.4, 0.5) is 0 Å². The number of rotatable bonds is 1. The van der Waals surface area contributed by atoms with E-state index in [-0.39, 0.29) is 14.8 Å². The zero-order valence-electron chi connectivity index (χ0n) is 10.5. The van der Waals surface area contributed by atoms with Crippen molar-refractivity contribution in [2.24, 2.45) is 0 Å². The van der Waals surface area contributed by atoms with Crippen LogP contribution in [0, 0.1) is 0 Å². The Kier molecular flexibility index (Phi) is 3.32. The quantitative estimate of drug-likeness (QED) is 0.782. The molecule has 1 fully saturated rings. The molecule has 0 bridgehead atoms. The molecular weight excluding hydrogens is 302 g/mol. The van der Waals surface area contributed by atoms with E-state index in [1.54, 1.807) is 18.2 Å². The van der Waals surface area contributed by atoms with E-state index >= 15 is 0 Å². The maximum absolute atomic E-state index is 12.5. The monoisotopic (exact) mass is 313 g/mol. The van der Waals surface area contributed by atoms with Crippen LogP contribution >= 0.6 is 11.6 Å². The minimum atomic E-state index is -3.83. The molecule has 1 amide bonds. The lowest BCUT2D eigenvalue weighted by Crippen LogP contribution is -2.42. The molecular formula is C13H12ClNO4S. The van der Waals surface area contributed by atoms with Gasteiger partial charge in [-0.2, -0.15) is 0 Å². The molecule has 0 saturated carbocycles. The van der Waals surface area contributed by atoms with Crippen molar-refractivity contribution in [3.63, 3.8) is 0 Å². The molecule has 0 atom stereocenters. The highest BCUT2D eigenvalue weighted by Crippen LogP contribution is 2.41. The third-order valence-electron chi connectivity index (χ3n) is 3.37. The van der Waals surface area contributed by atoms with Crippen LogP contribution in [0.25, 0.3) is 5.03 Å². The van der Waals surface area contributed by atoms with Crippen LogP contribution in [0.15, 0.2) is 34.1 Å². The maximum Gasteiger partial charge on any atom is 0.267 e. The lowest BCUT2D eigenvalue weighted by Gasteiger charge is -2.27. The number of morpholine rings is 1. The first-order chi connectivity index (χ1) is 9.53. The number of sulfone groups is 1. The van der Waals surface area contributed by atoms with Crippen molar-refractivity contribution < 1.29 is 17.9 Å². The van der Waals surface area contributed by atoms with E-state index < -0.39 is 15.7 Å². The highest BCUT2D eigenvalue weighted by atomic mass is 35.5. The first kappa shape index (κ1) is 13.6. The molecule has 0 N–H and O–H groups in total. The third-order valence-corrected chi connectivity index (χ3v) is 5.73. The number of nitrogens with zero attached hydrogens (tertiary/aromatic N) is 1. The molecule has 1 saturated heterocycles. The molecule has 7 heteroatoms. The van der Waals surface area contributed by atoms with Crippen LogP contribution in [0.2, 0.25) is 0 Å². The van der Waals surface area contributed by atoms with Crippen molar-refractivity contribution >= 4 is 32.4 Å². The van der Waals surface area contributed by atoms with Crippen LogP contribution in [-0.2, 0) is 19.4 Å². The molecule has 5 nitrogen and oxygen atoms in total. The SMILES string of the molecule is O=C(C1=C(Cl)c2ccccc2S1(=O)=O)N1CCOCC1. The number of benzene rings is 1. The fourth-order valence-corrected chi connectivity index (χ4v) is 4.60. The molecule has 0 aromatic heterocycles. The lowest BCUT2D eigenvalue weighted by molar-refractivity contribution is -0.130. The van der Waals surface area contributed by atoms with E-state index in [1.807, 2.05) is 0 Å². The van der Waals surface area contributed by atoms with Crippen LogP contribution < -0.4 is 0 Å². The summed E-state index contributed by atoms with van der Waals surface area (Å²) in [4.78, 5) is 13.7. The molecule has 0 aliphatic carbocycles. The maximum atomic E-state index is 12.5. The standard InChI is InChI=1S/C13H12ClNO4S/c14-11-9-3-1-2-4-10(9)20(17,18)12(11)13(16)15-5-7-19-8-6-15/h1-4H,5-8H2. The predicted molar refractivity (Wildman–Crippen MR) is 73.8 cm³/mol. The smallest absolute Gasteiger partial charge is 0.267 e. The topological polar surface area (TPSA) is 63.7 Å². The molecule has 2 aliphatic heterocycles. The number of carbonyl (C=O) groups excluding carboxylic acids is 1. The Balaban J connectivity index is 2.06. The fraction of sp³-hybridized carbons (Fsp3) is 0.308. The number of fused-ring (bicyclic) bond motifs is 1. The third kappa shape index (κ3) is 1.95. The van der Waals surface area contributed by atoms with Crippen molar-refractivity contribution in [1.82, 2.24) is 4.90 Å². The largest absolute Gasteiger partial charge is 0.378 e. The van der Waals surface area contributed by atoms with Gasteiger partial charge in [0.05, 0.1) is 23.1 Å². The summed E-state index contributed by atoms with van der Waals surface area (Å²) in [6.07, 6.45) is 0. The summed E-state index contributed by atoms with van der Waals surface area (Å²) in [5, 5.41) is 0.0112. The summed E-state index contributed by atoms with van der Waals surface area (Å²) in [6.45, 7) is 1.56. The number of carbonyl (C=O) groups is 1. The van der Waals surface area contributed by atoms with Crippen LogP contribution in [0.3, 0.4) is 0 Å². The zero-order chi connectivity index (χ0) is 14.3. The first-order valence-corrected chi connectivity index (χ1v) is 8.01. The Bertz CT molecular complexity index is 705. The van der Waals surface area contributed by atoms with Crippen molar-refractivity contribution in [1.29, 1.82) is 0 Å². The summed E-state index contributed by atoms with van der Waals surface area (Å²) < 4.78 is 30.1. The van der Waals surface area contributed by atoms with Gasteiger partial charge in [0, 0.05) is 18.7 Å². The molecule has 2 aliphatic rings. The molecule has 106 valence electrons. The van der Waals surface area contributed by atoms with Gasteiger partial charge in [-0.25, -0.2) is 8.42 Å². The summed E-state index contributed by atoms with van der Waals surface area (Å²) in [7, 11) is -3.83. The van der Waals surface area contributed by atoms with Gasteiger partial charge in [0.1, 0.15) is 0 Å². The Hall–Kier alpha value is -1.37. The van der Waals surface area contributed by atoms with E-state index in [2.05, 4.69) is 0 Å². The minimum Gasteiger partial charge on any atom is -0.378 e. The van der Waals surface area contributed by atoms with Crippen molar-refractivity contribution in [3.05, 3.63) is 34.7 Å². The molecule has 1 aromatic rings. The van der Waals surface area contributed by atoms with Crippen LogP contribution in [0.1, 0.15) is 5.56 Å². The number of hydrogen-bond acceptors (Lipinski definition) is 4. The second-order valence-electron chi connectivity index (χ2n) is 4.55. The van der Waals surface area contributed by atoms with Crippen molar-refractivity contribution in [3.8, 4) is 0 Å². The molecule has 3 rings (SSSR count). The highest BCUT2D eigenvalue weighted by Gasteiger charge is 2.41. The second-order valence-corrected chi connectivity index (χ2v) is 6.78. The van der Waals surface area contributed by atoms with Gasteiger partial charge in [-0.1, -0.05) is 29.8 Å². The summed E-state index contributed by atoms with van der Waals surface area (Å²) in [5.74, 6) is -0.547.